The Balaban J connectivity index is 1.52. The molecule has 2 aromatic rings. The first-order valence-electron chi connectivity index (χ1n) is 7.71. The highest BCUT2D eigenvalue weighted by Gasteiger charge is 2.29. The van der Waals surface area contributed by atoms with Crippen LogP contribution in [-0.4, -0.2) is 15.1 Å². The SMILES string of the molecule is N#Cc1cc2c(nc1SCc1noc(C3CC3)n1)CCCC2. The third-order valence-corrected chi connectivity index (χ3v) is 5.12. The predicted molar refractivity (Wildman–Crippen MR) is 81.4 cm³/mol. The molecule has 2 aromatic heterocycles. The van der Waals surface area contributed by atoms with E-state index in [1.165, 1.54) is 30.2 Å². The number of fused-ring (bicyclic) bond motifs is 1. The molecule has 22 heavy (non-hydrogen) atoms. The van der Waals surface area contributed by atoms with Crippen molar-refractivity contribution in [3.63, 3.8) is 0 Å². The largest absolute Gasteiger partial charge is 0.339 e. The van der Waals surface area contributed by atoms with Gasteiger partial charge in [0.2, 0.25) is 5.89 Å². The summed E-state index contributed by atoms with van der Waals surface area (Å²) < 4.78 is 5.26. The zero-order valence-corrected chi connectivity index (χ0v) is 13.0. The maximum atomic E-state index is 9.35. The van der Waals surface area contributed by atoms with Crippen LogP contribution in [0.1, 0.15) is 60.1 Å². The molecular weight excluding hydrogens is 296 g/mol. The topological polar surface area (TPSA) is 75.6 Å². The third-order valence-electron chi connectivity index (χ3n) is 4.13. The molecule has 0 amide bonds. The molecule has 0 aliphatic heterocycles. The summed E-state index contributed by atoms with van der Waals surface area (Å²) in [6, 6.07) is 4.28. The number of thioether (sulfide) groups is 1. The van der Waals surface area contributed by atoms with Crippen LogP contribution in [0.2, 0.25) is 0 Å². The van der Waals surface area contributed by atoms with Gasteiger partial charge < -0.3 is 4.52 Å². The van der Waals surface area contributed by atoms with Crippen LogP contribution in [0.15, 0.2) is 15.6 Å². The predicted octanol–water partition coefficient (Wildman–Crippen LogP) is 3.38. The smallest absolute Gasteiger partial charge is 0.229 e. The van der Waals surface area contributed by atoms with Gasteiger partial charge in [0, 0.05) is 11.6 Å². The van der Waals surface area contributed by atoms with Gasteiger partial charge in [-0.15, -0.1) is 0 Å². The van der Waals surface area contributed by atoms with Crippen molar-refractivity contribution in [2.45, 2.75) is 55.2 Å². The first-order valence-corrected chi connectivity index (χ1v) is 8.70. The second-order valence-corrected chi connectivity index (χ2v) is 6.84. The van der Waals surface area contributed by atoms with E-state index in [-0.39, 0.29) is 0 Å². The number of hydrogen-bond donors (Lipinski definition) is 0. The molecule has 0 atom stereocenters. The highest BCUT2D eigenvalue weighted by Crippen LogP contribution is 2.39. The number of pyridine rings is 1. The van der Waals surface area contributed by atoms with Gasteiger partial charge in [-0.1, -0.05) is 16.9 Å². The summed E-state index contributed by atoms with van der Waals surface area (Å²) in [6.45, 7) is 0. The molecule has 0 spiro atoms. The minimum Gasteiger partial charge on any atom is -0.339 e. The van der Waals surface area contributed by atoms with Gasteiger partial charge in [-0.2, -0.15) is 10.2 Å². The maximum absolute atomic E-state index is 9.35. The lowest BCUT2D eigenvalue weighted by atomic mass is 9.95. The number of hydrogen-bond acceptors (Lipinski definition) is 6. The lowest BCUT2D eigenvalue weighted by Gasteiger charge is -2.16. The fourth-order valence-corrected chi connectivity index (χ4v) is 3.58. The Kier molecular flexibility index (Phi) is 3.59. The molecular formula is C16H16N4OS. The maximum Gasteiger partial charge on any atom is 0.229 e. The molecule has 6 heteroatoms. The summed E-state index contributed by atoms with van der Waals surface area (Å²) in [7, 11) is 0. The van der Waals surface area contributed by atoms with Crippen molar-refractivity contribution < 1.29 is 4.52 Å². The monoisotopic (exact) mass is 312 g/mol. The Morgan fingerprint density at radius 3 is 2.95 bits per heavy atom. The molecule has 2 aliphatic carbocycles. The van der Waals surface area contributed by atoms with Crippen LogP contribution in [-0.2, 0) is 18.6 Å². The van der Waals surface area contributed by atoms with Crippen molar-refractivity contribution in [3.8, 4) is 6.07 Å². The van der Waals surface area contributed by atoms with Crippen LogP contribution in [0.4, 0.5) is 0 Å². The van der Waals surface area contributed by atoms with E-state index in [4.69, 9.17) is 9.51 Å². The normalized spacial score (nSPS) is 17.0. The molecule has 2 heterocycles. The zero-order valence-electron chi connectivity index (χ0n) is 12.2. The van der Waals surface area contributed by atoms with Crippen LogP contribution < -0.4 is 0 Å². The van der Waals surface area contributed by atoms with Crippen molar-refractivity contribution in [3.05, 3.63) is 34.6 Å². The molecule has 0 bridgehead atoms. The van der Waals surface area contributed by atoms with Crippen LogP contribution >= 0.6 is 11.8 Å². The van der Waals surface area contributed by atoms with E-state index < -0.39 is 0 Å². The van der Waals surface area contributed by atoms with E-state index >= 15 is 0 Å². The fourth-order valence-electron chi connectivity index (χ4n) is 2.76. The van der Waals surface area contributed by atoms with Gasteiger partial charge in [0.1, 0.15) is 11.1 Å². The van der Waals surface area contributed by atoms with Gasteiger partial charge >= 0.3 is 0 Å². The molecule has 0 saturated heterocycles. The van der Waals surface area contributed by atoms with E-state index in [1.807, 2.05) is 6.07 Å². The molecule has 0 aromatic carbocycles. The van der Waals surface area contributed by atoms with E-state index in [2.05, 4.69) is 16.2 Å². The lowest BCUT2D eigenvalue weighted by molar-refractivity contribution is 0.375. The average molecular weight is 312 g/mol. The third kappa shape index (κ3) is 2.73. The van der Waals surface area contributed by atoms with Crippen LogP contribution in [0.5, 0.6) is 0 Å². The molecule has 1 fully saturated rings. The molecule has 2 aliphatic rings. The molecule has 5 nitrogen and oxygen atoms in total. The van der Waals surface area contributed by atoms with E-state index in [9.17, 15) is 5.26 Å². The van der Waals surface area contributed by atoms with Gasteiger partial charge in [0.25, 0.3) is 0 Å². The van der Waals surface area contributed by atoms with E-state index in [0.717, 1.165) is 42.3 Å². The van der Waals surface area contributed by atoms with Crippen molar-refractivity contribution in [2.24, 2.45) is 0 Å². The summed E-state index contributed by atoms with van der Waals surface area (Å²) >= 11 is 1.52. The summed E-state index contributed by atoms with van der Waals surface area (Å²) in [4.78, 5) is 9.13. The molecule has 0 radical (unpaired) electrons. The molecule has 0 unspecified atom stereocenters. The quantitative estimate of drug-likeness (QED) is 0.806. The summed E-state index contributed by atoms with van der Waals surface area (Å²) in [5.74, 6) is 2.52. The van der Waals surface area contributed by atoms with Crippen LogP contribution in [0.3, 0.4) is 0 Å². The molecule has 4 rings (SSSR count). The first kappa shape index (κ1) is 13.8. The molecule has 1 saturated carbocycles. The van der Waals surface area contributed by atoms with E-state index in [0.29, 0.717) is 23.1 Å². The number of rotatable bonds is 4. The second-order valence-electron chi connectivity index (χ2n) is 5.88. The number of aromatic nitrogens is 3. The number of aryl methyl sites for hydroxylation is 2. The molecule has 112 valence electrons. The summed E-state index contributed by atoms with van der Waals surface area (Å²) in [5, 5.41) is 14.2. The van der Waals surface area contributed by atoms with Gasteiger partial charge in [-0.3, -0.25) is 0 Å². The minimum atomic E-state index is 0.475. The van der Waals surface area contributed by atoms with Crippen molar-refractivity contribution in [2.75, 3.05) is 0 Å². The van der Waals surface area contributed by atoms with Gasteiger partial charge in [-0.05, 0) is 50.2 Å². The second kappa shape index (κ2) is 5.73. The van der Waals surface area contributed by atoms with E-state index in [1.54, 1.807) is 0 Å². The first-order chi connectivity index (χ1) is 10.8. The minimum absolute atomic E-state index is 0.475. The average Bonchev–Trinajstić information content (AvgIpc) is 3.30. The highest BCUT2D eigenvalue weighted by atomic mass is 32.2. The lowest BCUT2D eigenvalue weighted by Crippen LogP contribution is -2.07. The van der Waals surface area contributed by atoms with Gasteiger partial charge in [0.15, 0.2) is 5.82 Å². The van der Waals surface area contributed by atoms with Crippen molar-refractivity contribution >= 4 is 11.8 Å². The number of nitriles is 1. The number of nitrogens with zero attached hydrogens (tertiary/aromatic N) is 4. The van der Waals surface area contributed by atoms with Crippen LogP contribution in [0.25, 0.3) is 0 Å². The summed E-state index contributed by atoms with van der Waals surface area (Å²) in [6.07, 6.45) is 6.74. The Bertz CT molecular complexity index is 745. The van der Waals surface area contributed by atoms with Crippen molar-refractivity contribution in [1.82, 2.24) is 15.1 Å². The van der Waals surface area contributed by atoms with Gasteiger partial charge in [0.05, 0.1) is 11.3 Å². The van der Waals surface area contributed by atoms with Crippen molar-refractivity contribution in [1.29, 1.82) is 5.26 Å². The van der Waals surface area contributed by atoms with Crippen LogP contribution in [0, 0.1) is 11.3 Å². The highest BCUT2D eigenvalue weighted by molar-refractivity contribution is 7.98. The zero-order chi connectivity index (χ0) is 14.9. The standard InChI is InChI=1S/C16H16N4OS/c17-8-12-7-11-3-1-2-4-13(11)18-16(12)22-9-14-19-15(21-20-14)10-5-6-10/h7,10H,1-6,9H2. The molecule has 0 N–H and O–H groups in total. The Labute approximate surface area is 133 Å². The Morgan fingerprint density at radius 2 is 2.14 bits per heavy atom. The Morgan fingerprint density at radius 1 is 1.27 bits per heavy atom. The fraction of sp³-hybridized carbons (Fsp3) is 0.500. The van der Waals surface area contributed by atoms with Gasteiger partial charge in [-0.25, -0.2) is 4.98 Å². The Hall–Kier alpha value is -1.87. The summed E-state index contributed by atoms with van der Waals surface area (Å²) in [5.41, 5.74) is 3.05.